The van der Waals surface area contributed by atoms with Gasteiger partial charge in [0.1, 0.15) is 6.61 Å². The number of hydrogen-bond donors (Lipinski definition) is 0. The number of benzene rings is 2. The molecule has 0 saturated carbocycles. The van der Waals surface area contributed by atoms with Gasteiger partial charge in [-0.2, -0.15) is 4.89 Å². The molecule has 0 saturated heterocycles. The average Bonchev–Trinajstić information content (AvgIpc) is 3.12. The Bertz CT molecular complexity index is 732. The molecule has 0 radical (unpaired) electrons. The zero-order chi connectivity index (χ0) is 17.2. The first-order chi connectivity index (χ1) is 12.2. The number of nitrogens with zero attached hydrogens (tertiary/aromatic N) is 2. The van der Waals surface area contributed by atoms with Crippen LogP contribution < -0.4 is 4.89 Å². The standard InChI is InChI=1S/C21H26N2O2/c1-22(12-10-16-6-4-3-5-7-16)14-20-18-9-8-17-15-24-25-21(17)19(18)11-13-23(20)2/h3-9,20H,10-15H2,1-2H3. The summed E-state index contributed by atoms with van der Waals surface area (Å²) in [5.74, 6) is 0.975. The highest BCUT2D eigenvalue weighted by Gasteiger charge is 2.31. The van der Waals surface area contributed by atoms with Crippen molar-refractivity contribution in [1.82, 2.24) is 9.80 Å². The van der Waals surface area contributed by atoms with E-state index in [0.29, 0.717) is 12.6 Å². The van der Waals surface area contributed by atoms with Crippen LogP contribution in [-0.4, -0.2) is 43.5 Å². The molecule has 2 aromatic rings. The molecule has 0 spiro atoms. The summed E-state index contributed by atoms with van der Waals surface area (Å²) in [5.41, 5.74) is 5.31. The van der Waals surface area contributed by atoms with Gasteiger partial charge in [-0.1, -0.05) is 42.5 Å². The summed E-state index contributed by atoms with van der Waals surface area (Å²) in [6, 6.07) is 15.6. The van der Waals surface area contributed by atoms with E-state index in [1.807, 2.05) is 0 Å². The summed E-state index contributed by atoms with van der Waals surface area (Å²) >= 11 is 0. The Kier molecular flexibility index (Phi) is 4.75. The first-order valence-corrected chi connectivity index (χ1v) is 9.09. The van der Waals surface area contributed by atoms with Crippen molar-refractivity contribution in [2.24, 2.45) is 0 Å². The number of rotatable bonds is 5. The Labute approximate surface area is 149 Å². The summed E-state index contributed by atoms with van der Waals surface area (Å²) < 4.78 is 0. The summed E-state index contributed by atoms with van der Waals surface area (Å²) in [6.07, 6.45) is 2.12. The van der Waals surface area contributed by atoms with Crippen LogP contribution in [0.1, 0.15) is 28.3 Å². The summed E-state index contributed by atoms with van der Waals surface area (Å²) in [6.45, 7) is 3.72. The smallest absolute Gasteiger partial charge is 0.174 e. The zero-order valence-corrected chi connectivity index (χ0v) is 15.1. The Balaban J connectivity index is 1.47. The predicted molar refractivity (Wildman–Crippen MR) is 98.6 cm³/mol. The molecule has 0 bridgehead atoms. The lowest BCUT2D eigenvalue weighted by atomic mass is 9.90. The summed E-state index contributed by atoms with van der Waals surface area (Å²) in [5, 5.41) is 0. The van der Waals surface area contributed by atoms with Crippen molar-refractivity contribution in [2.45, 2.75) is 25.5 Å². The number of likely N-dealkylation sites (N-methyl/N-ethyl adjacent to an activating group) is 2. The highest BCUT2D eigenvalue weighted by atomic mass is 17.2. The van der Waals surface area contributed by atoms with Gasteiger partial charge >= 0.3 is 0 Å². The third kappa shape index (κ3) is 3.43. The monoisotopic (exact) mass is 338 g/mol. The molecular weight excluding hydrogens is 312 g/mol. The Morgan fingerprint density at radius 1 is 1.16 bits per heavy atom. The van der Waals surface area contributed by atoms with Gasteiger partial charge in [-0.25, -0.2) is 0 Å². The molecule has 0 fully saturated rings. The van der Waals surface area contributed by atoms with E-state index < -0.39 is 0 Å². The Morgan fingerprint density at radius 2 is 2.00 bits per heavy atom. The molecule has 0 aliphatic carbocycles. The molecule has 4 nitrogen and oxygen atoms in total. The topological polar surface area (TPSA) is 24.9 Å². The first-order valence-electron chi connectivity index (χ1n) is 9.09. The van der Waals surface area contributed by atoms with Crippen LogP contribution in [-0.2, 0) is 24.3 Å². The molecule has 2 heterocycles. The van der Waals surface area contributed by atoms with E-state index in [-0.39, 0.29) is 0 Å². The van der Waals surface area contributed by atoms with Crippen LogP contribution in [0.4, 0.5) is 0 Å². The summed E-state index contributed by atoms with van der Waals surface area (Å²) in [7, 11) is 4.45. The van der Waals surface area contributed by atoms with Gasteiger partial charge in [0.05, 0.1) is 0 Å². The van der Waals surface area contributed by atoms with Crippen LogP contribution in [0.5, 0.6) is 5.75 Å². The molecule has 2 aliphatic heterocycles. The zero-order valence-electron chi connectivity index (χ0n) is 15.1. The SMILES string of the molecule is CN(CCc1ccccc1)CC1c2ccc3c(c2CCN1C)OOC3. The predicted octanol–water partition coefficient (Wildman–Crippen LogP) is 3.21. The highest BCUT2D eigenvalue weighted by Crippen LogP contribution is 2.39. The Hall–Kier alpha value is -1.88. The molecule has 25 heavy (non-hydrogen) atoms. The number of hydrogen-bond acceptors (Lipinski definition) is 4. The van der Waals surface area contributed by atoms with Crippen LogP contribution in [0.2, 0.25) is 0 Å². The van der Waals surface area contributed by atoms with Crippen LogP contribution in [0.15, 0.2) is 42.5 Å². The molecule has 4 heteroatoms. The second kappa shape index (κ2) is 7.16. The summed E-state index contributed by atoms with van der Waals surface area (Å²) in [4.78, 5) is 15.5. The maximum Gasteiger partial charge on any atom is 0.174 e. The van der Waals surface area contributed by atoms with Crippen molar-refractivity contribution in [3.8, 4) is 5.75 Å². The molecule has 132 valence electrons. The molecule has 1 unspecified atom stereocenters. The van der Waals surface area contributed by atoms with E-state index >= 15 is 0 Å². The second-order valence-corrected chi connectivity index (χ2v) is 7.21. The third-order valence-electron chi connectivity index (χ3n) is 5.45. The van der Waals surface area contributed by atoms with E-state index in [9.17, 15) is 0 Å². The minimum absolute atomic E-state index is 0.402. The van der Waals surface area contributed by atoms with E-state index in [2.05, 4.69) is 66.4 Å². The van der Waals surface area contributed by atoms with Crippen molar-refractivity contribution in [1.29, 1.82) is 0 Å². The number of fused-ring (bicyclic) bond motifs is 3. The maximum absolute atomic E-state index is 5.46. The average molecular weight is 338 g/mol. The van der Waals surface area contributed by atoms with Gasteiger partial charge in [0.2, 0.25) is 0 Å². The molecule has 4 rings (SSSR count). The van der Waals surface area contributed by atoms with Gasteiger partial charge < -0.3 is 9.79 Å². The molecule has 2 aromatic carbocycles. The third-order valence-corrected chi connectivity index (χ3v) is 5.45. The van der Waals surface area contributed by atoms with E-state index in [0.717, 1.165) is 38.2 Å². The van der Waals surface area contributed by atoms with Gasteiger partial charge in [-0.15, -0.1) is 0 Å². The van der Waals surface area contributed by atoms with Gasteiger partial charge in [0.25, 0.3) is 0 Å². The van der Waals surface area contributed by atoms with Gasteiger partial charge in [0, 0.05) is 36.8 Å². The quantitative estimate of drug-likeness (QED) is 0.782. The van der Waals surface area contributed by atoms with Crippen LogP contribution in [0, 0.1) is 0 Å². The van der Waals surface area contributed by atoms with Gasteiger partial charge in [-0.05, 0) is 38.1 Å². The lowest BCUT2D eigenvalue weighted by Crippen LogP contribution is -2.39. The van der Waals surface area contributed by atoms with Gasteiger partial charge in [0.15, 0.2) is 5.75 Å². The molecule has 2 aliphatic rings. The van der Waals surface area contributed by atoms with E-state index in [1.165, 1.54) is 22.3 Å². The minimum atomic E-state index is 0.402. The molecule has 0 N–H and O–H groups in total. The molecule has 0 aromatic heterocycles. The van der Waals surface area contributed by atoms with Crippen molar-refractivity contribution < 1.29 is 9.78 Å². The van der Waals surface area contributed by atoms with E-state index in [4.69, 9.17) is 9.78 Å². The van der Waals surface area contributed by atoms with Crippen LogP contribution in [0.25, 0.3) is 0 Å². The fourth-order valence-electron chi connectivity index (χ4n) is 3.90. The molecular formula is C21H26N2O2. The largest absolute Gasteiger partial charge is 0.337 e. The van der Waals surface area contributed by atoms with E-state index in [1.54, 1.807) is 0 Å². The Morgan fingerprint density at radius 3 is 2.84 bits per heavy atom. The molecule has 1 atom stereocenters. The van der Waals surface area contributed by atoms with Crippen LogP contribution in [0.3, 0.4) is 0 Å². The highest BCUT2D eigenvalue weighted by molar-refractivity contribution is 5.49. The normalized spacial score (nSPS) is 19.6. The lowest BCUT2D eigenvalue weighted by Gasteiger charge is -2.37. The first kappa shape index (κ1) is 16.6. The van der Waals surface area contributed by atoms with Crippen molar-refractivity contribution >= 4 is 0 Å². The van der Waals surface area contributed by atoms with Crippen molar-refractivity contribution in [3.05, 3.63) is 64.7 Å². The van der Waals surface area contributed by atoms with Crippen LogP contribution >= 0.6 is 0 Å². The van der Waals surface area contributed by atoms with Gasteiger partial charge in [-0.3, -0.25) is 4.90 Å². The fourth-order valence-corrected chi connectivity index (χ4v) is 3.90. The minimum Gasteiger partial charge on any atom is -0.337 e. The maximum atomic E-state index is 5.46. The van der Waals surface area contributed by atoms with Crippen molar-refractivity contribution in [3.63, 3.8) is 0 Å². The fraction of sp³-hybridized carbons (Fsp3) is 0.429. The molecule has 0 amide bonds. The lowest BCUT2D eigenvalue weighted by molar-refractivity contribution is -0.195. The second-order valence-electron chi connectivity index (χ2n) is 7.21. The van der Waals surface area contributed by atoms with Crippen molar-refractivity contribution in [2.75, 3.05) is 33.7 Å².